The average molecular weight is 485 g/mol. The second-order valence-corrected chi connectivity index (χ2v) is 9.75. The number of nitrogens with one attached hydrogen (secondary N) is 1. The predicted octanol–water partition coefficient (Wildman–Crippen LogP) is 3.76. The molecule has 4 rings (SSSR count). The van der Waals surface area contributed by atoms with Crippen molar-refractivity contribution in [1.29, 1.82) is 0 Å². The number of piperazine rings is 1. The van der Waals surface area contributed by atoms with Crippen LogP contribution in [-0.4, -0.2) is 63.7 Å². The monoisotopic (exact) mass is 484 g/mol. The van der Waals surface area contributed by atoms with Crippen molar-refractivity contribution in [3.05, 3.63) is 51.2 Å². The number of ether oxygens (including phenoxy) is 3. The van der Waals surface area contributed by atoms with Gasteiger partial charge in [-0.1, -0.05) is 19.1 Å². The number of allylic oxidation sites excluding steroid dienone is 1. The van der Waals surface area contributed by atoms with E-state index in [4.69, 9.17) is 14.2 Å². The molecular weight excluding hydrogens is 452 g/mol. The fourth-order valence-electron chi connectivity index (χ4n) is 4.64. The number of thiophene rings is 1. The molecule has 0 radical (unpaired) electrons. The number of esters is 1. The van der Waals surface area contributed by atoms with Gasteiger partial charge in [0, 0.05) is 47.9 Å². The summed E-state index contributed by atoms with van der Waals surface area (Å²) in [5, 5.41) is 3.27. The van der Waals surface area contributed by atoms with Crippen molar-refractivity contribution >= 4 is 28.7 Å². The van der Waals surface area contributed by atoms with Gasteiger partial charge < -0.3 is 19.5 Å². The van der Waals surface area contributed by atoms with Crippen LogP contribution in [0.3, 0.4) is 0 Å². The first kappa shape index (κ1) is 24.4. The van der Waals surface area contributed by atoms with Crippen molar-refractivity contribution in [3.8, 4) is 11.5 Å². The van der Waals surface area contributed by atoms with Crippen LogP contribution in [0.25, 0.3) is 5.57 Å². The highest BCUT2D eigenvalue weighted by atomic mass is 32.1. The van der Waals surface area contributed by atoms with E-state index in [9.17, 15) is 9.59 Å². The Bertz CT molecular complexity index is 1090. The fraction of sp³-hybridized carbons (Fsp3) is 0.462. The van der Waals surface area contributed by atoms with E-state index in [1.165, 1.54) is 7.11 Å². The van der Waals surface area contributed by atoms with E-state index in [-0.39, 0.29) is 23.7 Å². The third-order valence-corrected chi connectivity index (χ3v) is 7.74. The first-order valence-electron chi connectivity index (χ1n) is 11.6. The van der Waals surface area contributed by atoms with Crippen LogP contribution in [0.2, 0.25) is 0 Å². The molecule has 0 bridgehead atoms. The minimum absolute atomic E-state index is 0.168. The van der Waals surface area contributed by atoms with E-state index in [1.807, 2.05) is 24.3 Å². The average Bonchev–Trinajstić information content (AvgIpc) is 3.23. The molecule has 182 valence electrons. The zero-order valence-electron chi connectivity index (χ0n) is 20.2. The van der Waals surface area contributed by atoms with Crippen molar-refractivity contribution in [2.75, 3.05) is 41.0 Å². The molecule has 2 aromatic rings. The lowest BCUT2D eigenvalue weighted by Gasteiger charge is -2.33. The Morgan fingerprint density at radius 2 is 1.97 bits per heavy atom. The Labute approximate surface area is 204 Å². The maximum Gasteiger partial charge on any atom is 0.324 e. The standard InChI is InChI=1S/C26H32N2O5S/c1-5-16-10-19(17-6-7-23(31-2)24(12-17)32-3)25-20(22(29)11-16)13-18(34-25)15-28-9-8-27-14-21(28)26(30)33-4/h6-7,10,12-13,16,21,27H,5,8-9,11,14-15H2,1-4H3. The zero-order chi connectivity index (χ0) is 24.2. The summed E-state index contributed by atoms with van der Waals surface area (Å²) in [6, 6.07) is 7.58. The van der Waals surface area contributed by atoms with Crippen molar-refractivity contribution in [3.63, 3.8) is 0 Å². The van der Waals surface area contributed by atoms with Gasteiger partial charge in [-0.2, -0.15) is 0 Å². The number of methoxy groups -OCH3 is 3. The highest BCUT2D eigenvalue weighted by Gasteiger charge is 2.31. The number of hydrogen-bond acceptors (Lipinski definition) is 8. The Hall–Kier alpha value is -2.68. The van der Waals surface area contributed by atoms with Gasteiger partial charge in [0.1, 0.15) is 6.04 Å². The van der Waals surface area contributed by atoms with Gasteiger partial charge >= 0.3 is 5.97 Å². The largest absolute Gasteiger partial charge is 0.493 e. The molecule has 1 aliphatic carbocycles. The minimum atomic E-state index is -0.332. The molecule has 7 nitrogen and oxygen atoms in total. The van der Waals surface area contributed by atoms with E-state index in [2.05, 4.69) is 23.2 Å². The number of benzene rings is 1. The number of carbonyl (C=O) groups excluding carboxylic acids is 2. The van der Waals surface area contributed by atoms with E-state index >= 15 is 0 Å². The summed E-state index contributed by atoms with van der Waals surface area (Å²) in [4.78, 5) is 29.7. The van der Waals surface area contributed by atoms with Crippen LogP contribution in [0.4, 0.5) is 0 Å². The summed E-state index contributed by atoms with van der Waals surface area (Å²) >= 11 is 1.63. The number of ketones is 1. The fourth-order valence-corrected chi connectivity index (χ4v) is 5.89. The van der Waals surface area contributed by atoms with Gasteiger partial charge in [-0.05, 0) is 41.7 Å². The van der Waals surface area contributed by atoms with Crippen LogP contribution in [-0.2, 0) is 16.1 Å². The van der Waals surface area contributed by atoms with Crippen molar-refractivity contribution in [2.45, 2.75) is 32.4 Å². The van der Waals surface area contributed by atoms with Crippen LogP contribution in [0, 0.1) is 5.92 Å². The number of fused-ring (bicyclic) bond motifs is 1. The molecule has 1 saturated heterocycles. The Kier molecular flexibility index (Phi) is 7.70. The summed E-state index contributed by atoms with van der Waals surface area (Å²) in [7, 11) is 4.67. The molecule has 0 amide bonds. The molecule has 2 aliphatic rings. The molecule has 34 heavy (non-hydrogen) atoms. The maximum atomic E-state index is 13.2. The van der Waals surface area contributed by atoms with Gasteiger partial charge in [-0.25, -0.2) is 0 Å². The summed E-state index contributed by atoms with van der Waals surface area (Å²) in [5.74, 6) is 1.43. The second kappa shape index (κ2) is 10.7. The molecule has 1 aromatic heterocycles. The lowest BCUT2D eigenvalue weighted by molar-refractivity contribution is -0.147. The molecular formula is C26H32N2O5S. The number of carbonyl (C=O) groups is 2. The zero-order valence-corrected chi connectivity index (χ0v) is 21.0. The lowest BCUT2D eigenvalue weighted by Crippen LogP contribution is -2.54. The van der Waals surface area contributed by atoms with Gasteiger partial charge in [-0.15, -0.1) is 11.3 Å². The Morgan fingerprint density at radius 1 is 1.18 bits per heavy atom. The van der Waals surface area contributed by atoms with Crippen molar-refractivity contribution in [2.24, 2.45) is 5.92 Å². The molecule has 2 heterocycles. The number of rotatable bonds is 7. The molecule has 2 unspecified atom stereocenters. The number of hydrogen-bond donors (Lipinski definition) is 1. The van der Waals surface area contributed by atoms with Crippen molar-refractivity contribution in [1.82, 2.24) is 10.2 Å². The van der Waals surface area contributed by atoms with Gasteiger partial charge in [-0.3, -0.25) is 14.5 Å². The quantitative estimate of drug-likeness (QED) is 0.600. The second-order valence-electron chi connectivity index (χ2n) is 8.61. The summed E-state index contributed by atoms with van der Waals surface area (Å²) in [5.41, 5.74) is 2.81. The maximum absolute atomic E-state index is 13.2. The van der Waals surface area contributed by atoms with Crippen LogP contribution in [0.5, 0.6) is 11.5 Å². The van der Waals surface area contributed by atoms with Crippen LogP contribution < -0.4 is 14.8 Å². The first-order valence-corrected chi connectivity index (χ1v) is 12.4. The van der Waals surface area contributed by atoms with Crippen LogP contribution in [0.1, 0.15) is 45.4 Å². The topological polar surface area (TPSA) is 77.1 Å². The van der Waals surface area contributed by atoms with Gasteiger partial charge in [0.25, 0.3) is 0 Å². The van der Waals surface area contributed by atoms with E-state index in [0.717, 1.165) is 46.0 Å². The van der Waals surface area contributed by atoms with E-state index in [1.54, 1.807) is 25.6 Å². The molecule has 8 heteroatoms. The normalized spacial score (nSPS) is 20.8. The summed E-state index contributed by atoms with van der Waals surface area (Å²) < 4.78 is 16.0. The molecule has 1 aromatic carbocycles. The van der Waals surface area contributed by atoms with Crippen LogP contribution >= 0.6 is 11.3 Å². The summed E-state index contributed by atoms with van der Waals surface area (Å²) in [6.07, 6.45) is 3.62. The van der Waals surface area contributed by atoms with Crippen molar-refractivity contribution < 1.29 is 23.8 Å². The van der Waals surface area contributed by atoms with Gasteiger partial charge in [0.05, 0.1) is 21.3 Å². The first-order chi connectivity index (χ1) is 16.5. The molecule has 0 spiro atoms. The number of nitrogens with zero attached hydrogens (tertiary/aromatic N) is 1. The summed E-state index contributed by atoms with van der Waals surface area (Å²) in [6.45, 7) is 4.83. The SMILES string of the molecule is CCC1C=C(c2ccc(OC)c(OC)c2)c2sc(CN3CCNCC3C(=O)OC)cc2C(=O)C1. The third kappa shape index (κ3) is 4.89. The molecule has 1 fully saturated rings. The molecule has 1 aliphatic heterocycles. The Morgan fingerprint density at radius 3 is 2.68 bits per heavy atom. The van der Waals surface area contributed by atoms with Gasteiger partial charge in [0.2, 0.25) is 0 Å². The number of Topliss-reactive ketones (excluding diaryl/α,β-unsaturated/α-hetero) is 1. The van der Waals surface area contributed by atoms with Crippen LogP contribution in [0.15, 0.2) is 30.3 Å². The van der Waals surface area contributed by atoms with E-state index in [0.29, 0.717) is 31.0 Å². The Balaban J connectivity index is 1.73. The van der Waals surface area contributed by atoms with E-state index < -0.39 is 0 Å². The third-order valence-electron chi connectivity index (χ3n) is 6.58. The smallest absolute Gasteiger partial charge is 0.324 e. The van der Waals surface area contributed by atoms with Gasteiger partial charge in [0.15, 0.2) is 17.3 Å². The molecule has 0 saturated carbocycles. The molecule has 1 N–H and O–H groups in total. The predicted molar refractivity (Wildman–Crippen MR) is 133 cm³/mol. The highest BCUT2D eigenvalue weighted by Crippen LogP contribution is 2.41. The minimum Gasteiger partial charge on any atom is -0.493 e. The molecule has 2 atom stereocenters. The highest BCUT2D eigenvalue weighted by molar-refractivity contribution is 7.13. The lowest BCUT2D eigenvalue weighted by atomic mass is 9.96.